The van der Waals surface area contributed by atoms with Crippen LogP contribution in [0.4, 0.5) is 0 Å². The molecule has 0 aliphatic heterocycles. The Hall–Kier alpha value is -2.93. The molecule has 0 saturated carbocycles. The topological polar surface area (TPSA) is 63.5 Å². The van der Waals surface area contributed by atoms with Crippen LogP contribution in [0.1, 0.15) is 43.5 Å². The van der Waals surface area contributed by atoms with E-state index < -0.39 is 0 Å². The van der Waals surface area contributed by atoms with Crippen LogP contribution in [0.3, 0.4) is 0 Å². The molecule has 2 aromatic heterocycles. The van der Waals surface area contributed by atoms with E-state index in [0.717, 1.165) is 39.9 Å². The third kappa shape index (κ3) is 4.78. The first kappa shape index (κ1) is 22.3. The minimum absolute atomic E-state index is 0.0722. The fourth-order valence-electron chi connectivity index (χ4n) is 4.04. The van der Waals surface area contributed by atoms with Crippen LogP contribution in [0.5, 0.6) is 0 Å². The van der Waals surface area contributed by atoms with Crippen LogP contribution in [-0.4, -0.2) is 29.0 Å². The Kier molecular flexibility index (Phi) is 7.05. The normalized spacial score (nSPS) is 13.7. The minimum atomic E-state index is 0.0722. The molecule has 0 spiro atoms. The number of aromatic amines is 1. The van der Waals surface area contributed by atoms with Gasteiger partial charge in [-0.3, -0.25) is 4.90 Å². The molecule has 2 aromatic carbocycles. The maximum absolute atomic E-state index is 6.42. The molecule has 1 unspecified atom stereocenters. The predicted molar refractivity (Wildman–Crippen MR) is 126 cm³/mol. The summed E-state index contributed by atoms with van der Waals surface area (Å²) in [6, 6.07) is 18.2. The molecule has 0 aliphatic carbocycles. The van der Waals surface area contributed by atoms with Crippen LogP contribution in [0, 0.1) is 5.92 Å². The van der Waals surface area contributed by atoms with Gasteiger partial charge in [0.25, 0.3) is 0 Å². The van der Waals surface area contributed by atoms with Gasteiger partial charge >= 0.3 is 0 Å². The Labute approximate surface area is 189 Å². The van der Waals surface area contributed by atoms with E-state index in [2.05, 4.69) is 50.0 Å². The standard InChI is InChI=1S/C26H31N3O3/c1-5-18(2)24(29(3)4)26-28-23(17-31-30-16-19-11-7-6-8-12-19)25(32-26)21-15-27-22-14-10-9-13-20(21)22/h6-15,18,24,27H,5,16-17H2,1-4H3/t18-,24?/m0/s1. The third-order valence-electron chi connectivity index (χ3n) is 5.89. The van der Waals surface area contributed by atoms with Crippen molar-refractivity contribution >= 4 is 10.9 Å². The molecule has 4 rings (SSSR count). The zero-order chi connectivity index (χ0) is 22.5. The lowest BCUT2D eigenvalue weighted by Gasteiger charge is -2.26. The van der Waals surface area contributed by atoms with Gasteiger partial charge in [-0.2, -0.15) is 0 Å². The van der Waals surface area contributed by atoms with Crippen molar-refractivity contribution in [3.05, 3.63) is 77.9 Å². The van der Waals surface area contributed by atoms with Crippen LogP contribution < -0.4 is 0 Å². The number of H-pyrrole nitrogens is 1. The first-order valence-corrected chi connectivity index (χ1v) is 11.1. The van der Waals surface area contributed by atoms with Crippen molar-refractivity contribution in [2.75, 3.05) is 14.1 Å². The summed E-state index contributed by atoms with van der Waals surface area (Å²) in [4.78, 5) is 21.4. The SMILES string of the molecule is CC[C@H](C)C(c1nc(COOCc2ccccc2)c(-c2c[nH]c3ccccc23)o1)N(C)C. The molecule has 4 aromatic rings. The molecule has 1 N–H and O–H groups in total. The average molecular weight is 434 g/mol. The summed E-state index contributed by atoms with van der Waals surface area (Å²) in [6.07, 6.45) is 3.00. The second-order valence-corrected chi connectivity index (χ2v) is 8.38. The lowest BCUT2D eigenvalue weighted by molar-refractivity contribution is -0.313. The van der Waals surface area contributed by atoms with Crippen molar-refractivity contribution in [2.45, 2.75) is 39.5 Å². The van der Waals surface area contributed by atoms with Crippen molar-refractivity contribution in [1.29, 1.82) is 0 Å². The summed E-state index contributed by atoms with van der Waals surface area (Å²) in [5.41, 5.74) is 3.81. The lowest BCUT2D eigenvalue weighted by Crippen LogP contribution is -2.26. The first-order chi connectivity index (χ1) is 15.6. The predicted octanol–water partition coefficient (Wildman–Crippen LogP) is 6.12. The zero-order valence-corrected chi connectivity index (χ0v) is 19.2. The second-order valence-electron chi connectivity index (χ2n) is 8.38. The molecule has 0 aliphatic rings. The zero-order valence-electron chi connectivity index (χ0n) is 19.2. The van der Waals surface area contributed by atoms with Gasteiger partial charge in [0.05, 0.1) is 6.04 Å². The van der Waals surface area contributed by atoms with Gasteiger partial charge in [0.15, 0.2) is 5.76 Å². The molecule has 0 radical (unpaired) electrons. The summed E-state index contributed by atoms with van der Waals surface area (Å²) >= 11 is 0. The Balaban J connectivity index is 1.63. The van der Waals surface area contributed by atoms with Gasteiger partial charge in [-0.1, -0.05) is 68.8 Å². The smallest absolute Gasteiger partial charge is 0.212 e. The highest BCUT2D eigenvalue weighted by molar-refractivity contribution is 5.94. The molecular weight excluding hydrogens is 402 g/mol. The van der Waals surface area contributed by atoms with Crippen LogP contribution in [0.15, 0.2) is 65.2 Å². The molecule has 0 fully saturated rings. The monoisotopic (exact) mass is 433 g/mol. The van der Waals surface area contributed by atoms with E-state index in [-0.39, 0.29) is 12.6 Å². The van der Waals surface area contributed by atoms with E-state index in [0.29, 0.717) is 18.4 Å². The first-order valence-electron chi connectivity index (χ1n) is 11.1. The van der Waals surface area contributed by atoms with Gasteiger partial charge in [-0.15, -0.1) is 0 Å². The maximum Gasteiger partial charge on any atom is 0.212 e. The maximum atomic E-state index is 6.42. The Morgan fingerprint density at radius 1 is 1.00 bits per heavy atom. The quantitative estimate of drug-likeness (QED) is 0.185. The summed E-state index contributed by atoms with van der Waals surface area (Å²) in [7, 11) is 4.12. The van der Waals surface area contributed by atoms with Gasteiger partial charge in [-0.25, -0.2) is 14.8 Å². The molecular formula is C26H31N3O3. The van der Waals surface area contributed by atoms with Gasteiger partial charge in [0, 0.05) is 22.7 Å². The fraction of sp³-hybridized carbons (Fsp3) is 0.346. The summed E-state index contributed by atoms with van der Waals surface area (Å²) in [5.74, 6) is 1.81. The molecule has 2 heterocycles. The summed E-state index contributed by atoms with van der Waals surface area (Å²) in [5, 5.41) is 1.09. The number of benzene rings is 2. The fourth-order valence-corrected chi connectivity index (χ4v) is 4.04. The van der Waals surface area contributed by atoms with E-state index in [1.54, 1.807) is 0 Å². The molecule has 6 nitrogen and oxygen atoms in total. The van der Waals surface area contributed by atoms with E-state index in [4.69, 9.17) is 19.2 Å². The molecule has 6 heteroatoms. The van der Waals surface area contributed by atoms with Crippen LogP contribution >= 0.6 is 0 Å². The van der Waals surface area contributed by atoms with Crippen molar-refractivity contribution in [3.8, 4) is 11.3 Å². The molecule has 0 saturated heterocycles. The minimum Gasteiger partial charge on any atom is -0.439 e. The number of oxazole rings is 1. The number of hydrogen-bond acceptors (Lipinski definition) is 5. The number of nitrogens with zero attached hydrogens (tertiary/aromatic N) is 2. The van der Waals surface area contributed by atoms with E-state index in [9.17, 15) is 0 Å². The average Bonchev–Trinajstić information content (AvgIpc) is 3.41. The van der Waals surface area contributed by atoms with Crippen LogP contribution in [0.2, 0.25) is 0 Å². The summed E-state index contributed by atoms with van der Waals surface area (Å²) in [6.45, 7) is 4.98. The van der Waals surface area contributed by atoms with Gasteiger partial charge < -0.3 is 9.40 Å². The second kappa shape index (κ2) is 10.1. The number of fused-ring (bicyclic) bond motifs is 1. The van der Waals surface area contributed by atoms with E-state index >= 15 is 0 Å². The van der Waals surface area contributed by atoms with Crippen molar-refractivity contribution in [3.63, 3.8) is 0 Å². The van der Waals surface area contributed by atoms with Crippen molar-refractivity contribution in [1.82, 2.24) is 14.9 Å². The van der Waals surface area contributed by atoms with Crippen LogP contribution in [-0.2, 0) is 23.0 Å². The van der Waals surface area contributed by atoms with E-state index in [1.807, 2.05) is 48.7 Å². The number of aromatic nitrogens is 2. The van der Waals surface area contributed by atoms with E-state index in [1.165, 1.54) is 0 Å². The molecule has 2 atom stereocenters. The molecule has 0 amide bonds. The molecule has 0 bridgehead atoms. The largest absolute Gasteiger partial charge is 0.439 e. The number of rotatable bonds is 10. The van der Waals surface area contributed by atoms with Gasteiger partial charge in [-0.05, 0) is 31.6 Å². The molecule has 168 valence electrons. The Bertz CT molecular complexity index is 1130. The highest BCUT2D eigenvalue weighted by atomic mass is 17.2. The number of hydrogen-bond donors (Lipinski definition) is 1. The van der Waals surface area contributed by atoms with Gasteiger partial charge in [0.1, 0.15) is 18.9 Å². The van der Waals surface area contributed by atoms with Crippen molar-refractivity contribution in [2.24, 2.45) is 5.92 Å². The Morgan fingerprint density at radius 2 is 1.72 bits per heavy atom. The third-order valence-corrected chi connectivity index (χ3v) is 5.89. The highest BCUT2D eigenvalue weighted by Crippen LogP contribution is 2.36. The number of para-hydroxylation sites is 1. The highest BCUT2D eigenvalue weighted by Gasteiger charge is 2.28. The number of nitrogens with one attached hydrogen (secondary N) is 1. The summed E-state index contributed by atoms with van der Waals surface area (Å²) < 4.78 is 6.42. The van der Waals surface area contributed by atoms with Gasteiger partial charge in [0.2, 0.25) is 5.89 Å². The lowest BCUT2D eigenvalue weighted by atomic mass is 9.98. The molecule has 32 heavy (non-hydrogen) atoms. The van der Waals surface area contributed by atoms with Crippen LogP contribution in [0.25, 0.3) is 22.2 Å². The van der Waals surface area contributed by atoms with Crippen molar-refractivity contribution < 1.29 is 14.2 Å². The Morgan fingerprint density at radius 3 is 2.47 bits per heavy atom.